The Morgan fingerprint density at radius 3 is 2.40 bits per heavy atom. The summed E-state index contributed by atoms with van der Waals surface area (Å²) in [6, 6.07) is 6.46. The van der Waals surface area contributed by atoms with Crippen molar-refractivity contribution in [3.63, 3.8) is 0 Å². The number of fused-ring (bicyclic) bond motifs is 1. The van der Waals surface area contributed by atoms with Gasteiger partial charge in [-0.05, 0) is 56.4 Å². The third kappa shape index (κ3) is 3.98. The summed E-state index contributed by atoms with van der Waals surface area (Å²) >= 11 is 0. The van der Waals surface area contributed by atoms with Gasteiger partial charge in [-0.3, -0.25) is 4.79 Å². The fraction of sp³-hybridized carbons (Fsp3) is 0.565. The van der Waals surface area contributed by atoms with Crippen molar-refractivity contribution in [2.45, 2.75) is 33.6 Å². The molecule has 0 unspecified atom stereocenters. The molecule has 2 amide bonds. The van der Waals surface area contributed by atoms with Crippen molar-refractivity contribution < 1.29 is 14.3 Å². The van der Waals surface area contributed by atoms with Gasteiger partial charge in [0.15, 0.2) is 0 Å². The molecular formula is C23H32N4O3. The molecule has 0 saturated carbocycles. The number of anilines is 1. The van der Waals surface area contributed by atoms with Gasteiger partial charge in [-0.25, -0.2) is 4.79 Å². The van der Waals surface area contributed by atoms with E-state index in [1.54, 1.807) is 11.8 Å². The van der Waals surface area contributed by atoms with Crippen LogP contribution in [0.2, 0.25) is 0 Å². The lowest BCUT2D eigenvalue weighted by atomic mass is 9.98. The number of H-pyrrole nitrogens is 1. The SMILES string of the molecule is CCOC(=O)N1CCN(C(=O)c2[nH]c3ccc(N4CCC(C)CC4)cc3c2C)CC1. The molecule has 0 spiro atoms. The highest BCUT2D eigenvalue weighted by Crippen LogP contribution is 2.30. The van der Waals surface area contributed by atoms with Gasteiger partial charge in [-0.15, -0.1) is 0 Å². The zero-order valence-electron chi connectivity index (χ0n) is 18.2. The second-order valence-electron chi connectivity index (χ2n) is 8.50. The van der Waals surface area contributed by atoms with Gasteiger partial charge in [0.1, 0.15) is 5.69 Å². The van der Waals surface area contributed by atoms with Gasteiger partial charge in [-0.1, -0.05) is 6.92 Å². The summed E-state index contributed by atoms with van der Waals surface area (Å²) in [6.07, 6.45) is 2.16. The number of ether oxygens (including phenoxy) is 1. The predicted molar refractivity (Wildman–Crippen MR) is 118 cm³/mol. The van der Waals surface area contributed by atoms with Gasteiger partial charge in [0.25, 0.3) is 5.91 Å². The monoisotopic (exact) mass is 412 g/mol. The maximum absolute atomic E-state index is 13.2. The van der Waals surface area contributed by atoms with Crippen LogP contribution in [-0.2, 0) is 4.74 Å². The lowest BCUT2D eigenvalue weighted by Gasteiger charge is -2.34. The van der Waals surface area contributed by atoms with Gasteiger partial charge in [0.05, 0.1) is 6.61 Å². The number of aromatic amines is 1. The Hall–Kier alpha value is -2.70. The molecule has 2 saturated heterocycles. The summed E-state index contributed by atoms with van der Waals surface area (Å²) in [4.78, 5) is 34.3. The fourth-order valence-electron chi connectivity index (χ4n) is 4.46. The number of nitrogens with one attached hydrogen (secondary N) is 1. The lowest BCUT2D eigenvalue weighted by Crippen LogP contribution is -2.50. The van der Waals surface area contributed by atoms with Crippen LogP contribution in [0.4, 0.5) is 10.5 Å². The minimum atomic E-state index is -0.300. The van der Waals surface area contributed by atoms with E-state index in [0.29, 0.717) is 38.5 Å². The van der Waals surface area contributed by atoms with Gasteiger partial charge < -0.3 is 24.4 Å². The minimum Gasteiger partial charge on any atom is -0.450 e. The van der Waals surface area contributed by atoms with Crippen molar-refractivity contribution in [1.82, 2.24) is 14.8 Å². The highest BCUT2D eigenvalue weighted by atomic mass is 16.6. The first-order valence-electron chi connectivity index (χ1n) is 11.1. The Morgan fingerprint density at radius 1 is 1.07 bits per heavy atom. The number of amides is 2. The van der Waals surface area contributed by atoms with Crippen molar-refractivity contribution in [3.05, 3.63) is 29.5 Å². The number of benzene rings is 1. The van der Waals surface area contributed by atoms with Crippen LogP contribution < -0.4 is 4.90 Å². The Balaban J connectivity index is 1.48. The van der Waals surface area contributed by atoms with Crippen LogP contribution in [0.25, 0.3) is 10.9 Å². The molecule has 162 valence electrons. The molecule has 0 radical (unpaired) electrons. The van der Waals surface area contributed by atoms with Crippen LogP contribution in [0.15, 0.2) is 18.2 Å². The quantitative estimate of drug-likeness (QED) is 0.836. The third-order valence-corrected chi connectivity index (χ3v) is 6.50. The Kier molecular flexibility index (Phi) is 5.88. The molecule has 3 heterocycles. The van der Waals surface area contributed by atoms with E-state index in [-0.39, 0.29) is 12.0 Å². The Bertz CT molecular complexity index is 922. The molecule has 0 bridgehead atoms. The molecule has 2 aliphatic rings. The van der Waals surface area contributed by atoms with E-state index in [1.807, 2.05) is 11.8 Å². The summed E-state index contributed by atoms with van der Waals surface area (Å²) in [5, 5.41) is 1.11. The number of piperazine rings is 1. The van der Waals surface area contributed by atoms with Crippen LogP contribution in [0, 0.1) is 12.8 Å². The number of carbonyl (C=O) groups excluding carboxylic acids is 2. The molecule has 7 nitrogen and oxygen atoms in total. The predicted octanol–water partition coefficient (Wildman–Crippen LogP) is 3.63. The van der Waals surface area contributed by atoms with E-state index in [1.165, 1.54) is 18.5 Å². The summed E-state index contributed by atoms with van der Waals surface area (Å²) in [5.74, 6) is 0.799. The number of rotatable bonds is 3. The molecule has 1 aromatic carbocycles. The van der Waals surface area contributed by atoms with Crippen molar-refractivity contribution in [2.75, 3.05) is 50.8 Å². The van der Waals surface area contributed by atoms with Gasteiger partial charge >= 0.3 is 6.09 Å². The van der Waals surface area contributed by atoms with Crippen LogP contribution in [0.5, 0.6) is 0 Å². The van der Waals surface area contributed by atoms with Gasteiger partial charge in [0.2, 0.25) is 0 Å². The smallest absolute Gasteiger partial charge is 0.409 e. The molecule has 2 fully saturated rings. The third-order valence-electron chi connectivity index (χ3n) is 6.50. The molecule has 2 aromatic rings. The number of nitrogens with zero attached hydrogens (tertiary/aromatic N) is 3. The topological polar surface area (TPSA) is 68.9 Å². The minimum absolute atomic E-state index is 0.000515. The molecule has 30 heavy (non-hydrogen) atoms. The van der Waals surface area contributed by atoms with E-state index in [2.05, 4.69) is 35.0 Å². The van der Waals surface area contributed by atoms with Gasteiger partial charge in [-0.2, -0.15) is 0 Å². The molecule has 0 aliphatic carbocycles. The average molecular weight is 413 g/mol. The number of piperidine rings is 1. The maximum atomic E-state index is 13.2. The zero-order valence-corrected chi connectivity index (χ0v) is 18.2. The van der Waals surface area contributed by atoms with E-state index in [9.17, 15) is 9.59 Å². The highest BCUT2D eigenvalue weighted by Gasteiger charge is 2.27. The molecule has 4 rings (SSSR count). The van der Waals surface area contributed by atoms with Gasteiger partial charge in [0, 0.05) is 55.9 Å². The molecule has 0 atom stereocenters. The first kappa shape index (κ1) is 20.6. The van der Waals surface area contributed by atoms with Crippen molar-refractivity contribution >= 4 is 28.6 Å². The second kappa shape index (κ2) is 8.58. The van der Waals surface area contributed by atoms with E-state index in [0.717, 1.165) is 35.5 Å². The standard InChI is InChI=1S/C23H32N4O3/c1-4-30-23(29)27-13-11-26(12-14-27)22(28)21-17(3)19-15-18(5-6-20(19)24-21)25-9-7-16(2)8-10-25/h5-6,15-16,24H,4,7-14H2,1-3H3. The molecule has 7 heteroatoms. The Morgan fingerprint density at radius 2 is 1.73 bits per heavy atom. The summed E-state index contributed by atoms with van der Waals surface area (Å²) < 4.78 is 5.06. The molecule has 1 aromatic heterocycles. The van der Waals surface area contributed by atoms with E-state index < -0.39 is 0 Å². The summed E-state index contributed by atoms with van der Waals surface area (Å²) in [7, 11) is 0. The highest BCUT2D eigenvalue weighted by molar-refractivity contribution is 6.01. The van der Waals surface area contributed by atoms with Crippen LogP contribution >= 0.6 is 0 Å². The summed E-state index contributed by atoms with van der Waals surface area (Å²) in [6.45, 7) is 10.7. The van der Waals surface area contributed by atoms with E-state index in [4.69, 9.17) is 4.74 Å². The lowest BCUT2D eigenvalue weighted by molar-refractivity contribution is 0.0566. The molecule has 2 aliphatic heterocycles. The zero-order chi connectivity index (χ0) is 21.3. The number of hydrogen-bond donors (Lipinski definition) is 1. The normalized spacial score (nSPS) is 18.2. The van der Waals surface area contributed by atoms with Crippen molar-refractivity contribution in [1.29, 1.82) is 0 Å². The number of aromatic nitrogens is 1. The summed E-state index contributed by atoms with van der Waals surface area (Å²) in [5.41, 5.74) is 3.88. The largest absolute Gasteiger partial charge is 0.450 e. The first-order chi connectivity index (χ1) is 14.5. The average Bonchev–Trinajstić information content (AvgIpc) is 3.10. The molecular weight excluding hydrogens is 380 g/mol. The number of carbonyl (C=O) groups is 2. The van der Waals surface area contributed by atoms with Crippen LogP contribution in [0.1, 0.15) is 42.7 Å². The second-order valence-corrected chi connectivity index (χ2v) is 8.50. The Labute approximate surface area is 178 Å². The van der Waals surface area contributed by atoms with Crippen LogP contribution in [-0.4, -0.2) is 72.7 Å². The first-order valence-corrected chi connectivity index (χ1v) is 11.1. The number of hydrogen-bond acceptors (Lipinski definition) is 4. The number of aryl methyl sites for hydroxylation is 1. The van der Waals surface area contributed by atoms with Crippen molar-refractivity contribution in [2.24, 2.45) is 5.92 Å². The maximum Gasteiger partial charge on any atom is 0.409 e. The fourth-order valence-corrected chi connectivity index (χ4v) is 4.46. The van der Waals surface area contributed by atoms with E-state index >= 15 is 0 Å². The van der Waals surface area contributed by atoms with Crippen molar-refractivity contribution in [3.8, 4) is 0 Å². The van der Waals surface area contributed by atoms with Crippen LogP contribution in [0.3, 0.4) is 0 Å². The molecule has 1 N–H and O–H groups in total.